The van der Waals surface area contributed by atoms with Crippen LogP contribution in [0.1, 0.15) is 32.8 Å². The molecule has 2 aromatic rings. The number of fused-ring (bicyclic) bond motifs is 1. The highest BCUT2D eigenvalue weighted by molar-refractivity contribution is 5.85. The fourth-order valence-electron chi connectivity index (χ4n) is 2.57. The van der Waals surface area contributed by atoms with E-state index < -0.39 is 31.0 Å². The van der Waals surface area contributed by atoms with Crippen LogP contribution in [0.2, 0.25) is 0 Å². The van der Waals surface area contributed by atoms with Crippen molar-refractivity contribution in [2.45, 2.75) is 51.1 Å². The number of carbonyl (C=O) groups excluding carboxylic acids is 1. The Morgan fingerprint density at radius 3 is 2.03 bits per heavy atom. The lowest BCUT2D eigenvalue weighted by Crippen LogP contribution is -2.46. The molecule has 0 radical (unpaired) electrons. The zero-order valence-electron chi connectivity index (χ0n) is 15.9. The van der Waals surface area contributed by atoms with Gasteiger partial charge in [-0.25, -0.2) is 4.79 Å². The molecular weight excluding hydrogens is 402 g/mol. The SMILES string of the molecule is CCC(C)(C)c1ccc2cc(OCC(=O)OC(C(F)(F)F)C(F)(F)F)ccc2c1. The fraction of sp³-hybridized carbons (Fsp3) is 0.450. The van der Waals surface area contributed by atoms with Crippen LogP contribution in [0.15, 0.2) is 36.4 Å². The molecule has 0 saturated carbocycles. The molecule has 0 spiro atoms. The van der Waals surface area contributed by atoms with Crippen molar-refractivity contribution in [3.05, 3.63) is 42.0 Å². The first-order chi connectivity index (χ1) is 13.2. The molecular formula is C20H20F6O3. The Morgan fingerprint density at radius 2 is 1.48 bits per heavy atom. The van der Waals surface area contributed by atoms with Gasteiger partial charge in [-0.2, -0.15) is 26.3 Å². The van der Waals surface area contributed by atoms with Crippen LogP contribution in [-0.4, -0.2) is 31.0 Å². The Balaban J connectivity index is 2.09. The molecule has 29 heavy (non-hydrogen) atoms. The summed E-state index contributed by atoms with van der Waals surface area (Å²) in [5.41, 5.74) is 1.09. The zero-order chi connectivity index (χ0) is 22.0. The molecule has 0 unspecified atom stereocenters. The van der Waals surface area contributed by atoms with Gasteiger partial charge in [0.2, 0.25) is 0 Å². The lowest BCUT2D eigenvalue weighted by molar-refractivity contribution is -0.313. The van der Waals surface area contributed by atoms with Gasteiger partial charge in [0.15, 0.2) is 6.61 Å². The van der Waals surface area contributed by atoms with Crippen LogP contribution in [0.5, 0.6) is 5.75 Å². The van der Waals surface area contributed by atoms with Gasteiger partial charge in [0.25, 0.3) is 6.10 Å². The van der Waals surface area contributed by atoms with Crippen molar-refractivity contribution >= 4 is 16.7 Å². The van der Waals surface area contributed by atoms with E-state index in [1.165, 1.54) is 12.1 Å². The van der Waals surface area contributed by atoms with Crippen LogP contribution < -0.4 is 4.74 Å². The summed E-state index contributed by atoms with van der Waals surface area (Å²) in [5, 5.41) is 1.63. The molecule has 3 nitrogen and oxygen atoms in total. The Labute approximate surface area is 163 Å². The van der Waals surface area contributed by atoms with Crippen LogP contribution in [-0.2, 0) is 14.9 Å². The van der Waals surface area contributed by atoms with Crippen molar-refractivity contribution < 1.29 is 40.6 Å². The Hall–Kier alpha value is -2.45. The number of hydrogen-bond donors (Lipinski definition) is 0. The average molecular weight is 422 g/mol. The molecule has 0 fully saturated rings. The minimum absolute atomic E-state index is 0.0272. The summed E-state index contributed by atoms with van der Waals surface area (Å²) < 4.78 is 83.1. The average Bonchev–Trinajstić information content (AvgIpc) is 2.62. The normalized spacial score (nSPS) is 13.0. The van der Waals surface area contributed by atoms with Gasteiger partial charge in [0, 0.05) is 0 Å². The minimum Gasteiger partial charge on any atom is -0.482 e. The van der Waals surface area contributed by atoms with E-state index in [2.05, 4.69) is 25.5 Å². The van der Waals surface area contributed by atoms with Gasteiger partial charge in [0.1, 0.15) is 5.75 Å². The highest BCUT2D eigenvalue weighted by Crippen LogP contribution is 2.36. The van der Waals surface area contributed by atoms with Crippen LogP contribution in [0.3, 0.4) is 0 Å². The third-order valence-electron chi connectivity index (χ3n) is 4.68. The fourth-order valence-corrected chi connectivity index (χ4v) is 2.57. The second kappa shape index (κ2) is 8.12. The van der Waals surface area contributed by atoms with E-state index in [9.17, 15) is 31.1 Å². The molecule has 0 heterocycles. The van der Waals surface area contributed by atoms with Gasteiger partial charge in [-0.3, -0.25) is 0 Å². The van der Waals surface area contributed by atoms with Crippen molar-refractivity contribution in [3.63, 3.8) is 0 Å². The summed E-state index contributed by atoms with van der Waals surface area (Å²) in [6.07, 6.45) is -14.8. The van der Waals surface area contributed by atoms with E-state index >= 15 is 0 Å². The first-order valence-electron chi connectivity index (χ1n) is 8.74. The van der Waals surface area contributed by atoms with Gasteiger partial charge < -0.3 is 9.47 Å². The van der Waals surface area contributed by atoms with E-state index in [-0.39, 0.29) is 11.2 Å². The largest absolute Gasteiger partial charge is 0.482 e. The van der Waals surface area contributed by atoms with Crippen LogP contribution >= 0.6 is 0 Å². The number of benzene rings is 2. The number of carbonyl (C=O) groups is 1. The third-order valence-corrected chi connectivity index (χ3v) is 4.68. The van der Waals surface area contributed by atoms with Crippen LogP contribution in [0.4, 0.5) is 26.3 Å². The molecule has 0 aliphatic rings. The first-order valence-corrected chi connectivity index (χ1v) is 8.74. The van der Waals surface area contributed by atoms with Crippen molar-refractivity contribution in [1.82, 2.24) is 0 Å². The number of hydrogen-bond acceptors (Lipinski definition) is 3. The van der Waals surface area contributed by atoms with E-state index in [4.69, 9.17) is 4.74 Å². The van der Waals surface area contributed by atoms with E-state index in [0.717, 1.165) is 22.8 Å². The lowest BCUT2D eigenvalue weighted by Gasteiger charge is -2.23. The predicted octanol–water partition coefficient (Wildman–Crippen LogP) is 5.94. The molecule has 2 aromatic carbocycles. The number of ether oxygens (including phenoxy) is 2. The topological polar surface area (TPSA) is 35.5 Å². The van der Waals surface area contributed by atoms with Crippen molar-refractivity contribution in [3.8, 4) is 5.75 Å². The molecule has 2 rings (SSSR count). The first kappa shape index (κ1) is 22.8. The maximum atomic E-state index is 12.4. The molecule has 0 aliphatic carbocycles. The monoisotopic (exact) mass is 422 g/mol. The summed E-state index contributed by atoms with van der Waals surface area (Å²) in [6.45, 7) is 5.19. The quantitative estimate of drug-likeness (QED) is 0.427. The highest BCUT2D eigenvalue weighted by Gasteiger charge is 2.59. The van der Waals surface area contributed by atoms with Crippen molar-refractivity contribution in [2.24, 2.45) is 0 Å². The molecule has 0 aromatic heterocycles. The molecule has 0 N–H and O–H groups in total. The molecule has 0 amide bonds. The van der Waals surface area contributed by atoms with Gasteiger partial charge in [-0.1, -0.05) is 45.0 Å². The molecule has 0 aliphatic heterocycles. The van der Waals surface area contributed by atoms with E-state index in [0.29, 0.717) is 0 Å². The van der Waals surface area contributed by atoms with Gasteiger partial charge in [-0.05, 0) is 40.3 Å². The summed E-state index contributed by atoms with van der Waals surface area (Å²) in [6, 6.07) is 10.5. The van der Waals surface area contributed by atoms with Gasteiger partial charge in [0.05, 0.1) is 0 Å². The summed E-state index contributed by atoms with van der Waals surface area (Å²) in [5.74, 6) is -1.66. The number of alkyl halides is 6. The molecule has 160 valence electrons. The van der Waals surface area contributed by atoms with E-state index in [1.54, 1.807) is 6.07 Å². The smallest absolute Gasteiger partial charge is 0.434 e. The maximum absolute atomic E-state index is 12.4. The molecule has 0 saturated heterocycles. The Bertz CT molecular complexity index is 857. The molecule has 0 bridgehead atoms. The summed E-state index contributed by atoms with van der Waals surface area (Å²) in [4.78, 5) is 11.4. The van der Waals surface area contributed by atoms with Crippen molar-refractivity contribution in [2.75, 3.05) is 6.61 Å². The summed E-state index contributed by atoms with van der Waals surface area (Å²) in [7, 11) is 0. The second-order valence-corrected chi connectivity index (χ2v) is 7.20. The van der Waals surface area contributed by atoms with Gasteiger partial charge >= 0.3 is 18.3 Å². The standard InChI is InChI=1S/C20H20F6O3/c1-4-18(2,3)14-7-5-13-10-15(8-6-12(13)9-14)28-11-16(27)29-17(19(21,22)23)20(24,25)26/h5-10,17H,4,11H2,1-3H3. The van der Waals surface area contributed by atoms with E-state index in [1.807, 2.05) is 18.2 Å². The second-order valence-electron chi connectivity index (χ2n) is 7.20. The number of rotatable bonds is 6. The third kappa shape index (κ3) is 5.77. The number of esters is 1. The number of halogens is 6. The lowest BCUT2D eigenvalue weighted by atomic mass is 9.81. The molecule has 0 atom stereocenters. The predicted molar refractivity (Wildman–Crippen MR) is 94.8 cm³/mol. The summed E-state index contributed by atoms with van der Waals surface area (Å²) >= 11 is 0. The maximum Gasteiger partial charge on any atom is 0.434 e. The van der Waals surface area contributed by atoms with Gasteiger partial charge in [-0.15, -0.1) is 0 Å². The van der Waals surface area contributed by atoms with Crippen molar-refractivity contribution in [1.29, 1.82) is 0 Å². The Morgan fingerprint density at radius 1 is 0.931 bits per heavy atom. The zero-order valence-corrected chi connectivity index (χ0v) is 15.9. The highest BCUT2D eigenvalue weighted by atomic mass is 19.4. The van der Waals surface area contributed by atoms with Crippen LogP contribution in [0, 0.1) is 0 Å². The minimum atomic E-state index is -5.76. The van der Waals surface area contributed by atoms with Crippen LogP contribution in [0.25, 0.3) is 10.8 Å². The molecule has 9 heteroatoms. The Kier molecular flexibility index (Phi) is 6.39.